The van der Waals surface area contributed by atoms with Gasteiger partial charge in [-0.05, 0) is 22.9 Å². The van der Waals surface area contributed by atoms with Crippen LogP contribution in [0.5, 0.6) is 0 Å². The predicted molar refractivity (Wildman–Crippen MR) is 110 cm³/mol. The fourth-order valence-electron chi connectivity index (χ4n) is 3.27. The second kappa shape index (κ2) is 7.03. The minimum absolute atomic E-state index is 0.923. The summed E-state index contributed by atoms with van der Waals surface area (Å²) in [6, 6.07) is 4.27. The van der Waals surface area contributed by atoms with E-state index in [0.29, 0.717) is 0 Å². The number of piperazine rings is 1. The van der Waals surface area contributed by atoms with E-state index >= 15 is 0 Å². The molecule has 4 aromatic rings. The Hall–Kier alpha value is -1.87. The maximum Gasteiger partial charge on any atom is 0.140 e. The van der Waals surface area contributed by atoms with Crippen LogP contribution in [0.4, 0.5) is 5.82 Å². The largest absolute Gasteiger partial charge is 0.353 e. The van der Waals surface area contributed by atoms with Crippen molar-refractivity contribution in [3.8, 4) is 10.6 Å². The summed E-state index contributed by atoms with van der Waals surface area (Å²) in [6.45, 7) is 4.96. The van der Waals surface area contributed by atoms with E-state index in [1.807, 2.05) is 0 Å². The van der Waals surface area contributed by atoms with E-state index in [0.717, 1.165) is 48.4 Å². The standard InChI is InChI=1S/C18H17N5S3/c1-7-24-10-13(1)17-21-14(11-26-17)9-22-3-5-23(6-4-22)16-15-2-8-25-18(15)20-12-19-16/h1-2,7-8,10-12H,3-6,9H2. The zero-order valence-corrected chi connectivity index (χ0v) is 16.5. The fraction of sp³-hybridized carbons (Fsp3) is 0.278. The molecule has 132 valence electrons. The fourth-order valence-corrected chi connectivity index (χ4v) is 5.52. The van der Waals surface area contributed by atoms with E-state index in [4.69, 9.17) is 4.98 Å². The molecule has 0 atom stereocenters. The number of anilines is 1. The maximum atomic E-state index is 4.81. The van der Waals surface area contributed by atoms with Gasteiger partial charge in [-0.1, -0.05) is 0 Å². The van der Waals surface area contributed by atoms with Gasteiger partial charge in [-0.2, -0.15) is 11.3 Å². The van der Waals surface area contributed by atoms with Crippen molar-refractivity contribution in [3.05, 3.63) is 45.7 Å². The number of nitrogens with zero attached hydrogens (tertiary/aromatic N) is 5. The minimum atomic E-state index is 0.923. The Morgan fingerprint density at radius 1 is 0.962 bits per heavy atom. The molecule has 26 heavy (non-hydrogen) atoms. The summed E-state index contributed by atoms with van der Waals surface area (Å²) in [5.41, 5.74) is 2.41. The van der Waals surface area contributed by atoms with Crippen molar-refractivity contribution in [1.82, 2.24) is 19.9 Å². The third-order valence-electron chi connectivity index (χ3n) is 4.62. The average molecular weight is 400 g/mol. The van der Waals surface area contributed by atoms with Crippen LogP contribution < -0.4 is 4.90 Å². The molecular formula is C18H17N5S3. The van der Waals surface area contributed by atoms with Crippen molar-refractivity contribution in [2.75, 3.05) is 31.1 Å². The van der Waals surface area contributed by atoms with Crippen LogP contribution in [0.15, 0.2) is 40.0 Å². The number of thiophene rings is 2. The topological polar surface area (TPSA) is 45.2 Å². The van der Waals surface area contributed by atoms with Gasteiger partial charge >= 0.3 is 0 Å². The monoisotopic (exact) mass is 399 g/mol. The molecular weight excluding hydrogens is 382 g/mol. The molecule has 0 aromatic carbocycles. The molecule has 0 aliphatic carbocycles. The number of thiazole rings is 1. The summed E-state index contributed by atoms with van der Waals surface area (Å²) in [6.07, 6.45) is 1.68. The van der Waals surface area contributed by atoms with Crippen molar-refractivity contribution in [2.24, 2.45) is 0 Å². The molecule has 1 fully saturated rings. The van der Waals surface area contributed by atoms with E-state index in [1.54, 1.807) is 40.3 Å². The van der Waals surface area contributed by atoms with E-state index in [9.17, 15) is 0 Å². The highest BCUT2D eigenvalue weighted by atomic mass is 32.1. The Balaban J connectivity index is 1.24. The summed E-state index contributed by atoms with van der Waals surface area (Å²) >= 11 is 5.13. The summed E-state index contributed by atoms with van der Waals surface area (Å²) in [4.78, 5) is 19.6. The van der Waals surface area contributed by atoms with Crippen molar-refractivity contribution < 1.29 is 0 Å². The number of hydrogen-bond donors (Lipinski definition) is 0. The molecule has 5 heterocycles. The molecule has 1 aliphatic heterocycles. The molecule has 1 aliphatic rings. The SMILES string of the molecule is c1nc(N2CCN(Cc3csc(-c4ccsc4)n3)CC2)c2ccsc2n1. The van der Waals surface area contributed by atoms with E-state index in [2.05, 4.69) is 53.4 Å². The van der Waals surface area contributed by atoms with Crippen LogP contribution in [-0.4, -0.2) is 46.0 Å². The van der Waals surface area contributed by atoms with E-state index in [1.165, 1.54) is 16.6 Å². The lowest BCUT2D eigenvalue weighted by Gasteiger charge is -2.35. The van der Waals surface area contributed by atoms with E-state index < -0.39 is 0 Å². The molecule has 0 N–H and O–H groups in total. The number of hydrogen-bond acceptors (Lipinski definition) is 8. The van der Waals surface area contributed by atoms with Crippen LogP contribution in [0.2, 0.25) is 0 Å². The molecule has 0 bridgehead atoms. The molecule has 0 saturated carbocycles. The number of fused-ring (bicyclic) bond motifs is 1. The quantitative estimate of drug-likeness (QED) is 0.515. The third-order valence-corrected chi connectivity index (χ3v) is 7.06. The van der Waals surface area contributed by atoms with Crippen LogP contribution in [-0.2, 0) is 6.54 Å². The molecule has 5 rings (SSSR count). The highest BCUT2D eigenvalue weighted by Crippen LogP contribution is 2.28. The Morgan fingerprint density at radius 3 is 2.73 bits per heavy atom. The Bertz CT molecular complexity index is 999. The van der Waals surface area contributed by atoms with Crippen LogP contribution in [0.3, 0.4) is 0 Å². The highest BCUT2D eigenvalue weighted by Gasteiger charge is 2.21. The molecule has 1 saturated heterocycles. The highest BCUT2D eigenvalue weighted by molar-refractivity contribution is 7.16. The van der Waals surface area contributed by atoms with Crippen LogP contribution in [0.25, 0.3) is 20.8 Å². The predicted octanol–water partition coefficient (Wildman–Crippen LogP) is 4.20. The van der Waals surface area contributed by atoms with E-state index in [-0.39, 0.29) is 0 Å². The van der Waals surface area contributed by atoms with Gasteiger partial charge in [-0.25, -0.2) is 15.0 Å². The van der Waals surface area contributed by atoms with Crippen molar-refractivity contribution in [2.45, 2.75) is 6.54 Å². The Kier molecular flexibility index (Phi) is 4.41. The number of rotatable bonds is 4. The lowest BCUT2D eigenvalue weighted by molar-refractivity contribution is 0.247. The summed E-state index contributed by atoms with van der Waals surface area (Å²) in [7, 11) is 0. The molecule has 4 aromatic heterocycles. The zero-order valence-electron chi connectivity index (χ0n) is 14.0. The summed E-state index contributed by atoms with van der Waals surface area (Å²) in [5, 5.41) is 10.8. The van der Waals surface area contributed by atoms with Crippen molar-refractivity contribution >= 4 is 50.0 Å². The van der Waals surface area contributed by atoms with Crippen LogP contribution >= 0.6 is 34.0 Å². The van der Waals surface area contributed by atoms with Gasteiger partial charge in [0.05, 0.1) is 11.1 Å². The van der Waals surface area contributed by atoms with Gasteiger partial charge in [0.15, 0.2) is 0 Å². The molecule has 0 spiro atoms. The lowest BCUT2D eigenvalue weighted by Crippen LogP contribution is -2.46. The second-order valence-corrected chi connectivity index (χ2v) is 8.79. The summed E-state index contributed by atoms with van der Waals surface area (Å²) in [5.74, 6) is 1.07. The normalized spacial score (nSPS) is 15.8. The number of aromatic nitrogens is 3. The molecule has 8 heteroatoms. The van der Waals surface area contributed by atoms with Crippen molar-refractivity contribution in [1.29, 1.82) is 0 Å². The molecule has 0 radical (unpaired) electrons. The molecule has 5 nitrogen and oxygen atoms in total. The average Bonchev–Trinajstić information content (AvgIpc) is 3.42. The van der Waals surface area contributed by atoms with Gasteiger partial charge < -0.3 is 4.90 Å². The van der Waals surface area contributed by atoms with Gasteiger partial charge in [0, 0.05) is 49.0 Å². The second-order valence-electron chi connectivity index (χ2n) is 6.26. The lowest BCUT2D eigenvalue weighted by atomic mass is 10.2. The summed E-state index contributed by atoms with van der Waals surface area (Å²) < 4.78 is 0. The van der Waals surface area contributed by atoms with Crippen LogP contribution in [0.1, 0.15) is 5.69 Å². The Morgan fingerprint density at radius 2 is 1.88 bits per heavy atom. The third kappa shape index (κ3) is 3.14. The smallest absolute Gasteiger partial charge is 0.140 e. The van der Waals surface area contributed by atoms with Gasteiger partial charge in [-0.3, -0.25) is 4.90 Å². The van der Waals surface area contributed by atoms with Gasteiger partial charge in [0.25, 0.3) is 0 Å². The first-order chi connectivity index (χ1) is 12.9. The first-order valence-corrected chi connectivity index (χ1v) is 11.2. The van der Waals surface area contributed by atoms with Crippen molar-refractivity contribution in [3.63, 3.8) is 0 Å². The maximum absolute atomic E-state index is 4.81. The molecule has 0 amide bonds. The van der Waals surface area contributed by atoms with Gasteiger partial charge in [-0.15, -0.1) is 22.7 Å². The minimum Gasteiger partial charge on any atom is -0.353 e. The zero-order chi connectivity index (χ0) is 17.3. The first kappa shape index (κ1) is 16.3. The van der Waals surface area contributed by atoms with Gasteiger partial charge in [0.2, 0.25) is 0 Å². The Labute approximate surface area is 163 Å². The molecule has 0 unspecified atom stereocenters. The van der Waals surface area contributed by atoms with Crippen LogP contribution in [0, 0.1) is 0 Å². The van der Waals surface area contributed by atoms with Gasteiger partial charge in [0.1, 0.15) is 22.0 Å². The first-order valence-electron chi connectivity index (χ1n) is 8.49.